The fraction of sp³-hybridized carbons (Fsp3) is 0.897. The van der Waals surface area contributed by atoms with Crippen molar-refractivity contribution in [2.45, 2.75) is 321 Å². The van der Waals surface area contributed by atoms with Gasteiger partial charge < -0.3 is 20.3 Å². The van der Waals surface area contributed by atoms with Crippen molar-refractivity contribution in [3.63, 3.8) is 0 Å². The largest absolute Gasteiger partial charge is 0.466 e. The molecule has 6 nitrogen and oxygen atoms in total. The molecule has 0 aliphatic rings. The average Bonchev–Trinajstić information content (AvgIpc) is 3.29. The number of carbonyl (C=O) groups is 2. The van der Waals surface area contributed by atoms with E-state index in [1.807, 2.05) is 6.08 Å². The molecule has 0 bridgehead atoms. The summed E-state index contributed by atoms with van der Waals surface area (Å²) in [6.45, 7) is 4.87. The minimum absolute atomic E-state index is 0.00266. The Bertz CT molecular complexity index is 997. The van der Waals surface area contributed by atoms with E-state index in [2.05, 4.69) is 31.3 Å². The summed E-state index contributed by atoms with van der Waals surface area (Å²) in [6, 6.07) is -0.626. The average molecular weight is 903 g/mol. The third-order valence-electron chi connectivity index (χ3n) is 13.2. The number of hydrogen-bond donors (Lipinski definition) is 3. The first-order chi connectivity index (χ1) is 31.5. The van der Waals surface area contributed by atoms with Crippen LogP contribution in [-0.4, -0.2) is 47.4 Å². The van der Waals surface area contributed by atoms with E-state index in [9.17, 15) is 19.8 Å². The molecular formula is C58H111NO5. The lowest BCUT2D eigenvalue weighted by Gasteiger charge is -2.20. The molecule has 0 aromatic carbocycles. The quantitative estimate of drug-likeness (QED) is 0.0321. The number of carbonyl (C=O) groups excluding carboxylic acids is 2. The fourth-order valence-corrected chi connectivity index (χ4v) is 8.79. The molecule has 0 rings (SSSR count). The van der Waals surface area contributed by atoms with Gasteiger partial charge in [-0.2, -0.15) is 0 Å². The summed E-state index contributed by atoms with van der Waals surface area (Å²) in [5.74, 6) is -0.0645. The first-order valence-electron chi connectivity index (χ1n) is 28.6. The van der Waals surface area contributed by atoms with E-state index in [4.69, 9.17) is 4.74 Å². The summed E-state index contributed by atoms with van der Waals surface area (Å²) in [4.78, 5) is 24.4. The van der Waals surface area contributed by atoms with Crippen molar-refractivity contribution in [1.29, 1.82) is 0 Å². The van der Waals surface area contributed by atoms with Crippen LogP contribution in [0.4, 0.5) is 0 Å². The molecule has 1 amide bonds. The Balaban J connectivity index is 3.39. The highest BCUT2D eigenvalue weighted by atomic mass is 16.5. The Morgan fingerprint density at radius 2 is 0.750 bits per heavy atom. The highest BCUT2D eigenvalue weighted by Gasteiger charge is 2.18. The Labute approximate surface area is 399 Å². The van der Waals surface area contributed by atoms with Crippen LogP contribution in [0.2, 0.25) is 0 Å². The first-order valence-corrected chi connectivity index (χ1v) is 28.6. The van der Waals surface area contributed by atoms with E-state index in [0.717, 1.165) is 44.9 Å². The van der Waals surface area contributed by atoms with Crippen molar-refractivity contribution in [1.82, 2.24) is 5.32 Å². The molecule has 0 heterocycles. The van der Waals surface area contributed by atoms with Crippen LogP contribution in [0.25, 0.3) is 0 Å². The van der Waals surface area contributed by atoms with Crippen molar-refractivity contribution in [2.24, 2.45) is 0 Å². The predicted molar refractivity (Wildman–Crippen MR) is 278 cm³/mol. The van der Waals surface area contributed by atoms with Gasteiger partial charge in [0.2, 0.25) is 5.91 Å². The van der Waals surface area contributed by atoms with E-state index in [1.54, 1.807) is 6.08 Å². The van der Waals surface area contributed by atoms with Gasteiger partial charge in [-0.15, -0.1) is 0 Å². The SMILES string of the molecule is CCCC/C=C\CCCCCCCC(=O)OCCCCCCCCCCCCCCCCCCCCCCCCCC(=O)NC(CO)C(O)/C=C/CCCCCCCCCCCCC. The van der Waals surface area contributed by atoms with E-state index in [0.29, 0.717) is 19.4 Å². The van der Waals surface area contributed by atoms with E-state index in [1.165, 1.54) is 238 Å². The topological polar surface area (TPSA) is 95.9 Å². The number of hydrogen-bond acceptors (Lipinski definition) is 5. The number of unbranched alkanes of at least 4 members (excludes halogenated alkanes) is 40. The number of aliphatic hydroxyl groups is 2. The molecule has 3 N–H and O–H groups in total. The van der Waals surface area contributed by atoms with Gasteiger partial charge in [-0.05, 0) is 51.4 Å². The Kier molecular flexibility index (Phi) is 52.6. The zero-order chi connectivity index (χ0) is 46.5. The van der Waals surface area contributed by atoms with Crippen LogP contribution in [-0.2, 0) is 14.3 Å². The van der Waals surface area contributed by atoms with Gasteiger partial charge in [0.15, 0.2) is 0 Å². The summed E-state index contributed by atoms with van der Waals surface area (Å²) in [6.07, 6.45) is 64.9. The van der Waals surface area contributed by atoms with Gasteiger partial charge in [0.25, 0.3) is 0 Å². The van der Waals surface area contributed by atoms with Crippen LogP contribution in [0, 0.1) is 0 Å². The molecule has 64 heavy (non-hydrogen) atoms. The van der Waals surface area contributed by atoms with Crippen LogP contribution >= 0.6 is 0 Å². The lowest BCUT2D eigenvalue weighted by Crippen LogP contribution is -2.45. The highest BCUT2D eigenvalue weighted by Crippen LogP contribution is 2.17. The van der Waals surface area contributed by atoms with Crippen LogP contribution in [0.1, 0.15) is 309 Å². The molecule has 6 heteroatoms. The number of esters is 1. The first kappa shape index (κ1) is 62.3. The zero-order valence-corrected chi connectivity index (χ0v) is 43.0. The molecule has 0 saturated heterocycles. The molecule has 0 spiro atoms. The van der Waals surface area contributed by atoms with Gasteiger partial charge in [0.1, 0.15) is 0 Å². The zero-order valence-electron chi connectivity index (χ0n) is 43.0. The molecule has 2 atom stereocenters. The van der Waals surface area contributed by atoms with E-state index < -0.39 is 12.1 Å². The Morgan fingerprint density at radius 3 is 1.16 bits per heavy atom. The second-order valence-electron chi connectivity index (χ2n) is 19.6. The monoisotopic (exact) mass is 902 g/mol. The van der Waals surface area contributed by atoms with E-state index in [-0.39, 0.29) is 18.5 Å². The van der Waals surface area contributed by atoms with Gasteiger partial charge in [-0.25, -0.2) is 0 Å². The number of allylic oxidation sites excluding steroid dienone is 3. The molecule has 0 aromatic heterocycles. The summed E-state index contributed by atoms with van der Waals surface area (Å²) < 4.78 is 5.46. The molecule has 0 fully saturated rings. The van der Waals surface area contributed by atoms with E-state index >= 15 is 0 Å². The number of ether oxygens (including phenoxy) is 1. The molecule has 0 aliphatic carbocycles. The predicted octanol–water partition coefficient (Wildman–Crippen LogP) is 17.5. The standard InChI is InChI=1S/C58H111NO5/c1-3-5-7-9-11-13-15-27-31-34-38-42-46-50-56(61)55(54-60)59-57(62)51-47-43-39-35-32-28-25-23-21-19-17-16-18-20-22-24-26-29-33-37-41-45-49-53-64-58(63)52-48-44-40-36-30-14-12-10-8-6-4-2/h10,12,46,50,55-56,60-61H,3-9,11,13-45,47-49,51-54H2,1-2H3,(H,59,62)/b12-10-,50-46+. The summed E-state index contributed by atoms with van der Waals surface area (Å²) in [7, 11) is 0. The third kappa shape index (κ3) is 49.8. The van der Waals surface area contributed by atoms with Gasteiger partial charge >= 0.3 is 5.97 Å². The van der Waals surface area contributed by atoms with Gasteiger partial charge in [-0.1, -0.05) is 269 Å². The highest BCUT2D eigenvalue weighted by molar-refractivity contribution is 5.76. The second kappa shape index (κ2) is 54.0. The normalized spacial score (nSPS) is 12.8. The minimum Gasteiger partial charge on any atom is -0.466 e. The van der Waals surface area contributed by atoms with Gasteiger partial charge in [-0.3, -0.25) is 9.59 Å². The maximum atomic E-state index is 12.4. The summed E-state index contributed by atoms with van der Waals surface area (Å²) in [5.41, 5.74) is 0. The number of rotatable bonds is 53. The molecule has 0 radical (unpaired) electrons. The molecule has 2 unspecified atom stereocenters. The maximum Gasteiger partial charge on any atom is 0.305 e. The summed E-state index contributed by atoms with van der Waals surface area (Å²) >= 11 is 0. The van der Waals surface area contributed by atoms with Gasteiger partial charge in [0, 0.05) is 12.8 Å². The molecule has 378 valence electrons. The molecule has 0 aromatic rings. The number of nitrogens with one attached hydrogen (secondary N) is 1. The van der Waals surface area contributed by atoms with Crippen molar-refractivity contribution in [3.8, 4) is 0 Å². The molecular weight excluding hydrogens is 791 g/mol. The Morgan fingerprint density at radius 1 is 0.422 bits per heavy atom. The molecule has 0 aliphatic heterocycles. The van der Waals surface area contributed by atoms with Crippen molar-refractivity contribution < 1.29 is 24.5 Å². The smallest absolute Gasteiger partial charge is 0.305 e. The van der Waals surface area contributed by atoms with Crippen LogP contribution in [0.3, 0.4) is 0 Å². The van der Waals surface area contributed by atoms with Crippen molar-refractivity contribution in [3.05, 3.63) is 24.3 Å². The third-order valence-corrected chi connectivity index (χ3v) is 13.2. The maximum absolute atomic E-state index is 12.4. The minimum atomic E-state index is -0.843. The lowest BCUT2D eigenvalue weighted by atomic mass is 10.0. The van der Waals surface area contributed by atoms with Crippen molar-refractivity contribution >= 4 is 11.9 Å². The summed E-state index contributed by atoms with van der Waals surface area (Å²) in [5, 5.41) is 23.1. The van der Waals surface area contributed by atoms with Crippen LogP contribution < -0.4 is 5.32 Å². The number of aliphatic hydroxyl groups excluding tert-OH is 2. The van der Waals surface area contributed by atoms with Gasteiger partial charge in [0.05, 0.1) is 25.4 Å². The van der Waals surface area contributed by atoms with Crippen LogP contribution in [0.5, 0.6) is 0 Å². The Hall–Kier alpha value is -1.66. The van der Waals surface area contributed by atoms with Crippen LogP contribution in [0.15, 0.2) is 24.3 Å². The lowest BCUT2D eigenvalue weighted by molar-refractivity contribution is -0.143. The molecule has 0 saturated carbocycles. The van der Waals surface area contributed by atoms with Crippen molar-refractivity contribution in [2.75, 3.05) is 13.2 Å². The number of amides is 1. The fourth-order valence-electron chi connectivity index (χ4n) is 8.79. The second-order valence-corrected chi connectivity index (χ2v) is 19.6.